The molecule has 0 bridgehead atoms. The zero-order valence-corrected chi connectivity index (χ0v) is 11.2. The van der Waals surface area contributed by atoms with E-state index in [0.29, 0.717) is 11.7 Å². The van der Waals surface area contributed by atoms with Crippen LogP contribution in [0, 0.1) is 11.7 Å². The van der Waals surface area contributed by atoms with Gasteiger partial charge >= 0.3 is 0 Å². The van der Waals surface area contributed by atoms with Gasteiger partial charge in [-0.2, -0.15) is 0 Å². The van der Waals surface area contributed by atoms with E-state index in [-0.39, 0.29) is 5.69 Å². The van der Waals surface area contributed by atoms with Crippen LogP contribution in [-0.2, 0) is 6.54 Å². The van der Waals surface area contributed by atoms with E-state index in [9.17, 15) is 4.39 Å². The number of nitrogen functional groups attached to an aromatic ring is 1. The lowest BCUT2D eigenvalue weighted by Gasteiger charge is -2.13. The molecule has 0 saturated carbocycles. The fourth-order valence-corrected chi connectivity index (χ4v) is 2.01. The standard InChI is InChI=1S/C13H18FN5/c1-3-9(4-2)8-19-13(16-17-18-19)10-5-6-11(14)12(15)7-10/h5-7,9H,3-4,8,15H2,1-2H3. The van der Waals surface area contributed by atoms with Crippen molar-refractivity contribution in [2.75, 3.05) is 5.73 Å². The first-order valence-electron chi connectivity index (χ1n) is 6.47. The predicted molar refractivity (Wildman–Crippen MR) is 71.7 cm³/mol. The summed E-state index contributed by atoms with van der Waals surface area (Å²) in [7, 11) is 0. The van der Waals surface area contributed by atoms with Gasteiger partial charge in [-0.25, -0.2) is 9.07 Å². The SMILES string of the molecule is CCC(CC)Cn1nnnc1-c1ccc(F)c(N)c1. The van der Waals surface area contributed by atoms with Crippen LogP contribution in [0.3, 0.4) is 0 Å². The molecule has 0 amide bonds. The molecule has 19 heavy (non-hydrogen) atoms. The number of nitrogens with zero attached hydrogens (tertiary/aromatic N) is 4. The summed E-state index contributed by atoms with van der Waals surface area (Å²) >= 11 is 0. The second-order valence-corrected chi connectivity index (χ2v) is 4.60. The Bertz CT molecular complexity index is 548. The van der Waals surface area contributed by atoms with E-state index in [0.717, 1.165) is 24.9 Å². The van der Waals surface area contributed by atoms with E-state index in [2.05, 4.69) is 29.4 Å². The normalized spacial score (nSPS) is 11.2. The van der Waals surface area contributed by atoms with Crippen LogP contribution in [0.1, 0.15) is 26.7 Å². The molecule has 2 N–H and O–H groups in total. The second kappa shape index (κ2) is 5.77. The molecule has 0 atom stereocenters. The third-order valence-electron chi connectivity index (χ3n) is 3.37. The Labute approximate surface area is 111 Å². The van der Waals surface area contributed by atoms with E-state index in [4.69, 9.17) is 5.73 Å². The largest absolute Gasteiger partial charge is 0.396 e. The molecule has 0 aliphatic rings. The lowest BCUT2D eigenvalue weighted by Crippen LogP contribution is -2.12. The first kappa shape index (κ1) is 13.5. The molecule has 0 aliphatic heterocycles. The van der Waals surface area contributed by atoms with Gasteiger partial charge in [0.05, 0.1) is 5.69 Å². The van der Waals surface area contributed by atoms with Crippen molar-refractivity contribution in [3.8, 4) is 11.4 Å². The Morgan fingerprint density at radius 1 is 1.32 bits per heavy atom. The van der Waals surface area contributed by atoms with Gasteiger partial charge in [-0.1, -0.05) is 26.7 Å². The van der Waals surface area contributed by atoms with Crippen LogP contribution in [0.5, 0.6) is 0 Å². The Balaban J connectivity index is 2.30. The minimum absolute atomic E-state index is 0.106. The van der Waals surface area contributed by atoms with Crippen LogP contribution in [0.25, 0.3) is 11.4 Å². The van der Waals surface area contributed by atoms with Gasteiger partial charge in [0.15, 0.2) is 5.82 Å². The maximum atomic E-state index is 13.2. The van der Waals surface area contributed by atoms with Crippen molar-refractivity contribution in [3.05, 3.63) is 24.0 Å². The van der Waals surface area contributed by atoms with Gasteiger partial charge in [0.25, 0.3) is 0 Å². The molecule has 2 rings (SSSR count). The quantitative estimate of drug-likeness (QED) is 0.841. The number of rotatable bonds is 5. The van der Waals surface area contributed by atoms with Gasteiger partial charge in [-0.3, -0.25) is 0 Å². The van der Waals surface area contributed by atoms with Gasteiger partial charge in [-0.05, 0) is 34.5 Å². The number of tetrazole rings is 1. The number of anilines is 1. The van der Waals surface area contributed by atoms with Gasteiger partial charge < -0.3 is 5.73 Å². The third-order valence-corrected chi connectivity index (χ3v) is 3.37. The van der Waals surface area contributed by atoms with E-state index in [1.165, 1.54) is 6.07 Å². The summed E-state index contributed by atoms with van der Waals surface area (Å²) in [4.78, 5) is 0. The van der Waals surface area contributed by atoms with Crippen molar-refractivity contribution < 1.29 is 4.39 Å². The zero-order chi connectivity index (χ0) is 13.8. The van der Waals surface area contributed by atoms with Crippen LogP contribution in [0.4, 0.5) is 10.1 Å². The summed E-state index contributed by atoms with van der Waals surface area (Å²) in [5, 5.41) is 11.7. The topological polar surface area (TPSA) is 69.6 Å². The highest BCUT2D eigenvalue weighted by atomic mass is 19.1. The van der Waals surface area contributed by atoms with Gasteiger partial charge in [-0.15, -0.1) is 5.10 Å². The third kappa shape index (κ3) is 2.89. The van der Waals surface area contributed by atoms with Crippen molar-refractivity contribution in [3.63, 3.8) is 0 Å². The molecule has 0 saturated heterocycles. The fraction of sp³-hybridized carbons (Fsp3) is 0.462. The monoisotopic (exact) mass is 263 g/mol. The summed E-state index contributed by atoms with van der Waals surface area (Å²) < 4.78 is 14.9. The molecule has 0 aliphatic carbocycles. The Morgan fingerprint density at radius 2 is 2.05 bits per heavy atom. The summed E-state index contributed by atoms with van der Waals surface area (Å²) in [5.41, 5.74) is 6.41. The summed E-state index contributed by atoms with van der Waals surface area (Å²) in [6, 6.07) is 4.53. The number of nitrogens with two attached hydrogens (primary N) is 1. The molecule has 0 unspecified atom stereocenters. The van der Waals surface area contributed by atoms with Crippen molar-refractivity contribution in [1.82, 2.24) is 20.2 Å². The summed E-state index contributed by atoms with van der Waals surface area (Å²) in [5.74, 6) is 0.724. The van der Waals surface area contributed by atoms with Gasteiger partial charge in [0, 0.05) is 12.1 Å². The Kier molecular flexibility index (Phi) is 4.09. The van der Waals surface area contributed by atoms with Crippen molar-refractivity contribution >= 4 is 5.69 Å². The molecule has 5 nitrogen and oxygen atoms in total. The molecule has 0 fully saturated rings. The molecule has 0 radical (unpaired) electrons. The lowest BCUT2D eigenvalue weighted by atomic mass is 10.0. The minimum Gasteiger partial charge on any atom is -0.396 e. The van der Waals surface area contributed by atoms with Crippen molar-refractivity contribution in [2.24, 2.45) is 5.92 Å². The Hall–Kier alpha value is -1.98. The highest BCUT2D eigenvalue weighted by Gasteiger charge is 2.13. The minimum atomic E-state index is -0.428. The van der Waals surface area contributed by atoms with E-state index < -0.39 is 5.82 Å². The molecule has 0 spiro atoms. The van der Waals surface area contributed by atoms with Gasteiger partial charge in [0.2, 0.25) is 0 Å². The lowest BCUT2D eigenvalue weighted by molar-refractivity contribution is 0.392. The number of halogens is 1. The van der Waals surface area contributed by atoms with Crippen LogP contribution in [-0.4, -0.2) is 20.2 Å². The van der Waals surface area contributed by atoms with Crippen LogP contribution in [0.15, 0.2) is 18.2 Å². The van der Waals surface area contributed by atoms with Crippen LogP contribution < -0.4 is 5.73 Å². The summed E-state index contributed by atoms with van der Waals surface area (Å²) in [6.07, 6.45) is 2.14. The van der Waals surface area contributed by atoms with E-state index in [1.807, 2.05) is 0 Å². The van der Waals surface area contributed by atoms with Crippen LogP contribution in [0.2, 0.25) is 0 Å². The highest BCUT2D eigenvalue weighted by Crippen LogP contribution is 2.22. The molecule has 1 aromatic carbocycles. The number of hydrogen-bond acceptors (Lipinski definition) is 4. The predicted octanol–water partition coefficient (Wildman–Crippen LogP) is 2.50. The van der Waals surface area contributed by atoms with E-state index in [1.54, 1.807) is 16.8 Å². The van der Waals surface area contributed by atoms with E-state index >= 15 is 0 Å². The summed E-state index contributed by atoms with van der Waals surface area (Å²) in [6.45, 7) is 5.05. The molecular formula is C13H18FN5. The number of hydrogen-bond donors (Lipinski definition) is 1. The average molecular weight is 263 g/mol. The zero-order valence-electron chi connectivity index (χ0n) is 11.2. The average Bonchev–Trinajstić information content (AvgIpc) is 2.87. The van der Waals surface area contributed by atoms with Crippen molar-refractivity contribution in [2.45, 2.75) is 33.2 Å². The smallest absolute Gasteiger partial charge is 0.182 e. The maximum Gasteiger partial charge on any atom is 0.182 e. The maximum absolute atomic E-state index is 13.2. The molecule has 6 heteroatoms. The van der Waals surface area contributed by atoms with Crippen LogP contribution >= 0.6 is 0 Å². The first-order valence-corrected chi connectivity index (χ1v) is 6.47. The number of aromatic nitrogens is 4. The second-order valence-electron chi connectivity index (χ2n) is 4.60. The molecule has 1 aromatic heterocycles. The van der Waals surface area contributed by atoms with Crippen molar-refractivity contribution in [1.29, 1.82) is 0 Å². The molecule has 102 valence electrons. The molecule has 2 aromatic rings. The molecule has 1 heterocycles. The highest BCUT2D eigenvalue weighted by molar-refractivity contribution is 5.61. The number of benzene rings is 1. The Morgan fingerprint density at radius 3 is 2.68 bits per heavy atom. The molecular weight excluding hydrogens is 245 g/mol. The fourth-order valence-electron chi connectivity index (χ4n) is 2.01. The first-order chi connectivity index (χ1) is 9.15. The van der Waals surface area contributed by atoms with Gasteiger partial charge in [0.1, 0.15) is 5.82 Å².